The van der Waals surface area contributed by atoms with E-state index in [1.807, 2.05) is 12.2 Å². The van der Waals surface area contributed by atoms with Crippen molar-refractivity contribution in [3.05, 3.63) is 23.8 Å². The van der Waals surface area contributed by atoms with Crippen LogP contribution in [-0.2, 0) is 9.53 Å². The second-order valence-corrected chi connectivity index (χ2v) is 10.5. The van der Waals surface area contributed by atoms with Crippen molar-refractivity contribution in [1.29, 1.82) is 0 Å². The minimum Gasteiger partial charge on any atom is -0.365 e. The summed E-state index contributed by atoms with van der Waals surface area (Å²) in [6, 6.07) is 0. The van der Waals surface area contributed by atoms with Crippen LogP contribution in [0.5, 0.6) is 0 Å². The van der Waals surface area contributed by atoms with Gasteiger partial charge in [-0.2, -0.15) is 0 Å². The summed E-state index contributed by atoms with van der Waals surface area (Å²) in [4.78, 5) is 12.0. The molecule has 1 unspecified atom stereocenters. The molecule has 4 saturated carbocycles. The zero-order valence-corrected chi connectivity index (χ0v) is 16.6. The van der Waals surface area contributed by atoms with Crippen molar-refractivity contribution in [1.82, 2.24) is 0 Å². The Morgan fingerprint density at radius 1 is 1.30 bits per heavy atom. The van der Waals surface area contributed by atoms with E-state index in [1.54, 1.807) is 0 Å². The first-order valence-electron chi connectivity index (χ1n) is 11.3. The lowest BCUT2D eigenvalue weighted by atomic mass is 9.46. The molecular formula is C24H32O3. The summed E-state index contributed by atoms with van der Waals surface area (Å²) in [6.07, 6.45) is 13.4. The number of allylic oxidation sites excluding steroid dienone is 1. The molecule has 146 valence electrons. The molecule has 1 aliphatic heterocycles. The lowest BCUT2D eigenvalue weighted by molar-refractivity contribution is -0.205. The van der Waals surface area contributed by atoms with E-state index in [4.69, 9.17) is 4.74 Å². The number of hydrogen-bond donors (Lipinski definition) is 1. The van der Waals surface area contributed by atoms with Crippen molar-refractivity contribution in [2.75, 3.05) is 0 Å². The molecule has 0 aromatic rings. The molecule has 27 heavy (non-hydrogen) atoms. The number of aliphatic hydroxyl groups is 1. The van der Waals surface area contributed by atoms with Gasteiger partial charge in [-0.05, 0) is 92.1 Å². The third-order valence-electron chi connectivity index (χ3n) is 9.81. The fourth-order valence-electron chi connectivity index (χ4n) is 9.05. The number of rotatable bonds is 1. The van der Waals surface area contributed by atoms with E-state index in [-0.39, 0.29) is 11.0 Å². The molecule has 0 aromatic heterocycles. The van der Waals surface area contributed by atoms with Gasteiger partial charge >= 0.3 is 0 Å². The fourth-order valence-corrected chi connectivity index (χ4v) is 9.05. The van der Waals surface area contributed by atoms with Crippen molar-refractivity contribution >= 4 is 5.78 Å². The second kappa shape index (κ2) is 5.36. The average Bonchev–Trinajstić information content (AvgIpc) is 3.30. The Balaban J connectivity index is 1.42. The summed E-state index contributed by atoms with van der Waals surface area (Å²) in [7, 11) is 0. The maximum absolute atomic E-state index is 12.0. The molecule has 6 rings (SSSR count). The molecule has 0 saturated heterocycles. The molecule has 10 atom stereocenters. The van der Waals surface area contributed by atoms with Gasteiger partial charge in [0.05, 0.1) is 5.60 Å². The first kappa shape index (κ1) is 17.0. The highest BCUT2D eigenvalue weighted by molar-refractivity contribution is 5.91. The number of hydrogen-bond acceptors (Lipinski definition) is 3. The lowest BCUT2D eigenvalue weighted by Gasteiger charge is -2.60. The summed E-state index contributed by atoms with van der Waals surface area (Å²) in [5.74, 6) is 5.31. The van der Waals surface area contributed by atoms with Gasteiger partial charge in [-0.15, -0.1) is 0 Å². The minimum absolute atomic E-state index is 0.204. The van der Waals surface area contributed by atoms with Crippen LogP contribution >= 0.6 is 0 Å². The Kier molecular flexibility index (Phi) is 3.37. The molecule has 3 nitrogen and oxygen atoms in total. The number of carbonyl (C=O) groups excluding carboxylic acids is 1. The summed E-state index contributed by atoms with van der Waals surface area (Å²) in [6.45, 7) is 4.81. The largest absolute Gasteiger partial charge is 0.365 e. The number of fused-ring (bicyclic) bond motifs is 9. The molecule has 0 amide bonds. The quantitative estimate of drug-likeness (QED) is 0.703. The third-order valence-corrected chi connectivity index (χ3v) is 9.81. The van der Waals surface area contributed by atoms with Crippen LogP contribution in [-0.4, -0.2) is 22.8 Å². The van der Waals surface area contributed by atoms with Crippen molar-refractivity contribution in [2.45, 2.75) is 70.7 Å². The molecule has 4 fully saturated rings. The van der Waals surface area contributed by atoms with Gasteiger partial charge in [-0.25, -0.2) is 0 Å². The Morgan fingerprint density at radius 3 is 2.89 bits per heavy atom. The standard InChI is InChI=1S/C24H32O3/c1-3-23-8-6-17-16-5-4-15(25)11-14(16)10-13(2)21(17)22(23)18-12-19(18)24(23)9-7-20(26)27-24/h7,9,11,13,16-22,26H,3-6,8,10,12H2,1-2H3/t13-,16+,17-,18-,19+,20?,21-,22+,23+,24+/m1/s1. The molecule has 6 aliphatic rings. The summed E-state index contributed by atoms with van der Waals surface area (Å²) < 4.78 is 6.35. The zero-order chi connectivity index (χ0) is 18.6. The van der Waals surface area contributed by atoms with E-state index in [0.29, 0.717) is 23.5 Å². The van der Waals surface area contributed by atoms with E-state index in [1.165, 1.54) is 24.8 Å². The first-order valence-corrected chi connectivity index (χ1v) is 11.3. The number of carbonyl (C=O) groups is 1. The van der Waals surface area contributed by atoms with Crippen molar-refractivity contribution in [2.24, 2.45) is 46.8 Å². The van der Waals surface area contributed by atoms with Crippen LogP contribution in [0, 0.1) is 46.8 Å². The molecule has 0 bridgehead atoms. The summed E-state index contributed by atoms with van der Waals surface area (Å²) in [5.41, 5.74) is 1.46. The number of ether oxygens (including phenoxy) is 1. The smallest absolute Gasteiger partial charge is 0.175 e. The van der Waals surface area contributed by atoms with Gasteiger partial charge in [0.25, 0.3) is 0 Å². The van der Waals surface area contributed by atoms with E-state index in [2.05, 4.69) is 19.9 Å². The number of aliphatic hydroxyl groups excluding tert-OH is 1. The van der Waals surface area contributed by atoms with Gasteiger partial charge in [0, 0.05) is 11.8 Å². The zero-order valence-electron chi connectivity index (χ0n) is 16.6. The molecule has 0 aromatic carbocycles. The topological polar surface area (TPSA) is 46.5 Å². The van der Waals surface area contributed by atoms with E-state index in [9.17, 15) is 9.90 Å². The van der Waals surface area contributed by atoms with Crippen molar-refractivity contribution in [3.63, 3.8) is 0 Å². The summed E-state index contributed by atoms with van der Waals surface area (Å²) >= 11 is 0. The van der Waals surface area contributed by atoms with Gasteiger partial charge in [0.1, 0.15) is 0 Å². The SMILES string of the molecule is CC[C@]12CC[C@H]3[C@H]([C@@H]1[C@@H]1C[C@@H]1[C@@]21C=CC(O)O1)[C@H](C)CC1=CC(=O)CC[C@@H]13. The van der Waals surface area contributed by atoms with Gasteiger partial charge in [-0.3, -0.25) is 4.79 Å². The highest BCUT2D eigenvalue weighted by Gasteiger charge is 2.78. The maximum Gasteiger partial charge on any atom is 0.175 e. The van der Waals surface area contributed by atoms with E-state index < -0.39 is 6.29 Å². The maximum atomic E-state index is 12.0. The highest BCUT2D eigenvalue weighted by atomic mass is 16.6. The molecule has 1 spiro atoms. The fraction of sp³-hybridized carbons (Fsp3) is 0.792. The first-order chi connectivity index (χ1) is 13.0. The van der Waals surface area contributed by atoms with Crippen LogP contribution in [0.1, 0.15) is 58.8 Å². The molecule has 1 N–H and O–H groups in total. The van der Waals surface area contributed by atoms with Gasteiger partial charge < -0.3 is 9.84 Å². The van der Waals surface area contributed by atoms with Gasteiger partial charge in [0.2, 0.25) is 0 Å². The Morgan fingerprint density at radius 2 is 2.15 bits per heavy atom. The Labute approximate surface area is 162 Å². The van der Waals surface area contributed by atoms with Crippen LogP contribution in [0.3, 0.4) is 0 Å². The minimum atomic E-state index is -0.714. The van der Waals surface area contributed by atoms with Gasteiger partial charge in [0.15, 0.2) is 12.1 Å². The van der Waals surface area contributed by atoms with Crippen molar-refractivity contribution in [3.8, 4) is 0 Å². The molecule has 0 radical (unpaired) electrons. The highest BCUT2D eigenvalue weighted by Crippen LogP contribution is 2.79. The summed E-state index contributed by atoms with van der Waals surface area (Å²) in [5, 5.41) is 10.2. The van der Waals surface area contributed by atoms with E-state index >= 15 is 0 Å². The monoisotopic (exact) mass is 368 g/mol. The van der Waals surface area contributed by atoms with Crippen LogP contribution in [0.2, 0.25) is 0 Å². The predicted octanol–water partition coefficient (Wildman–Crippen LogP) is 4.26. The van der Waals surface area contributed by atoms with Crippen LogP contribution in [0.15, 0.2) is 23.8 Å². The lowest BCUT2D eigenvalue weighted by Crippen LogP contribution is -2.57. The number of ketones is 1. The van der Waals surface area contributed by atoms with E-state index in [0.717, 1.165) is 49.4 Å². The average molecular weight is 369 g/mol. The molecule has 3 heteroatoms. The van der Waals surface area contributed by atoms with Crippen LogP contribution in [0.4, 0.5) is 0 Å². The second-order valence-electron chi connectivity index (χ2n) is 10.5. The normalized spacial score (nSPS) is 57.7. The molecular weight excluding hydrogens is 336 g/mol. The molecule has 1 heterocycles. The van der Waals surface area contributed by atoms with Crippen LogP contribution in [0.25, 0.3) is 0 Å². The predicted molar refractivity (Wildman–Crippen MR) is 103 cm³/mol. The van der Waals surface area contributed by atoms with Gasteiger partial charge in [-0.1, -0.05) is 25.5 Å². The third kappa shape index (κ3) is 1.93. The molecule has 5 aliphatic carbocycles. The van der Waals surface area contributed by atoms with Crippen LogP contribution < -0.4 is 0 Å². The van der Waals surface area contributed by atoms with Crippen molar-refractivity contribution < 1.29 is 14.6 Å². The Bertz CT molecular complexity index is 753. The Hall–Kier alpha value is -0.930.